The average Bonchev–Trinajstić information content (AvgIpc) is 2.89. The van der Waals surface area contributed by atoms with Crippen molar-refractivity contribution in [3.05, 3.63) is 47.3 Å². The van der Waals surface area contributed by atoms with Crippen LogP contribution in [0.1, 0.15) is 50.2 Å². The first-order valence-corrected chi connectivity index (χ1v) is 12.9. The third-order valence-corrected chi connectivity index (χ3v) is 7.03. The summed E-state index contributed by atoms with van der Waals surface area (Å²) < 4.78 is 41.1. The molecule has 0 spiro atoms. The molecule has 3 N–H and O–H groups in total. The fraction of sp³-hybridized carbons (Fsp3) is 0.519. The summed E-state index contributed by atoms with van der Waals surface area (Å²) in [5, 5.41) is 17.4. The molecule has 0 bridgehead atoms. The first-order chi connectivity index (χ1) is 17.9. The lowest BCUT2D eigenvalue weighted by atomic mass is 9.92. The fourth-order valence-corrected chi connectivity index (χ4v) is 5.13. The molecule has 0 amide bonds. The lowest BCUT2D eigenvalue weighted by Crippen LogP contribution is -2.42. The standard InChI is InChI=1S/C27H33F2N5O3/c1-15(2)24-17(10-30-18-4-3-6-36-13-18)11-31-26-19(24)8-16(9-20(26)28)25-21(29)12-32-27(34-25)33-22-5-7-37-14-23(22)35/h8-9,11-12,15,18,22-23,30,35H,3-7,10,13-14H2,1-2H3,(H,32,33,34)/t18-,22-,23-/m1/s1. The Balaban J connectivity index is 1.50. The number of hydrogen-bond acceptors (Lipinski definition) is 8. The van der Waals surface area contributed by atoms with E-state index in [9.17, 15) is 9.50 Å². The van der Waals surface area contributed by atoms with Gasteiger partial charge in [0.2, 0.25) is 5.95 Å². The summed E-state index contributed by atoms with van der Waals surface area (Å²) in [6.45, 7) is 6.86. The van der Waals surface area contributed by atoms with E-state index in [0.29, 0.717) is 37.1 Å². The van der Waals surface area contributed by atoms with Crippen molar-refractivity contribution in [1.82, 2.24) is 20.3 Å². The molecule has 5 rings (SSSR count). The topological polar surface area (TPSA) is 101 Å². The zero-order valence-electron chi connectivity index (χ0n) is 21.1. The minimum Gasteiger partial charge on any atom is -0.389 e. The van der Waals surface area contributed by atoms with E-state index >= 15 is 4.39 Å². The van der Waals surface area contributed by atoms with Gasteiger partial charge in [0.05, 0.1) is 31.6 Å². The van der Waals surface area contributed by atoms with Gasteiger partial charge in [-0.1, -0.05) is 13.8 Å². The van der Waals surface area contributed by atoms with Gasteiger partial charge in [-0.3, -0.25) is 4.98 Å². The van der Waals surface area contributed by atoms with Crippen molar-refractivity contribution in [3.8, 4) is 11.3 Å². The largest absolute Gasteiger partial charge is 0.389 e. The van der Waals surface area contributed by atoms with Crippen LogP contribution in [0.15, 0.2) is 24.5 Å². The zero-order valence-corrected chi connectivity index (χ0v) is 21.1. The molecular formula is C27H33F2N5O3. The number of aromatic nitrogens is 3. The maximum absolute atomic E-state index is 15.3. The highest BCUT2D eigenvalue weighted by Crippen LogP contribution is 2.34. The summed E-state index contributed by atoms with van der Waals surface area (Å²) in [4.78, 5) is 12.8. The predicted molar refractivity (Wildman–Crippen MR) is 136 cm³/mol. The quantitative estimate of drug-likeness (QED) is 0.437. The molecular weight excluding hydrogens is 480 g/mol. The number of halogens is 2. The van der Waals surface area contributed by atoms with Gasteiger partial charge in [0.15, 0.2) is 5.82 Å². The molecule has 0 aliphatic carbocycles. The summed E-state index contributed by atoms with van der Waals surface area (Å²) in [6.07, 6.45) is 4.70. The van der Waals surface area contributed by atoms with Crippen molar-refractivity contribution in [3.63, 3.8) is 0 Å². The van der Waals surface area contributed by atoms with Crippen LogP contribution in [0.3, 0.4) is 0 Å². The minimum atomic E-state index is -0.726. The smallest absolute Gasteiger partial charge is 0.223 e. The van der Waals surface area contributed by atoms with Crippen molar-refractivity contribution in [1.29, 1.82) is 0 Å². The first kappa shape index (κ1) is 25.8. The third kappa shape index (κ3) is 5.72. The van der Waals surface area contributed by atoms with Crippen molar-refractivity contribution >= 4 is 16.9 Å². The molecule has 2 saturated heterocycles. The number of nitrogens with zero attached hydrogens (tertiary/aromatic N) is 3. The number of benzene rings is 1. The van der Waals surface area contributed by atoms with E-state index in [2.05, 4.69) is 39.4 Å². The van der Waals surface area contributed by atoms with Gasteiger partial charge in [-0.05, 0) is 48.4 Å². The highest BCUT2D eigenvalue weighted by Gasteiger charge is 2.25. The van der Waals surface area contributed by atoms with Crippen molar-refractivity contribution in [2.75, 3.05) is 31.7 Å². The maximum atomic E-state index is 15.3. The van der Waals surface area contributed by atoms with Crippen LogP contribution in [0.2, 0.25) is 0 Å². The molecule has 198 valence electrons. The molecule has 2 fully saturated rings. The van der Waals surface area contributed by atoms with E-state index in [1.807, 2.05) is 0 Å². The highest BCUT2D eigenvalue weighted by molar-refractivity contribution is 5.88. The second-order valence-corrected chi connectivity index (χ2v) is 10.1. The van der Waals surface area contributed by atoms with Gasteiger partial charge in [-0.15, -0.1) is 0 Å². The molecule has 37 heavy (non-hydrogen) atoms. The van der Waals surface area contributed by atoms with Crippen molar-refractivity contribution in [2.45, 2.75) is 63.8 Å². The van der Waals surface area contributed by atoms with Gasteiger partial charge in [0.1, 0.15) is 17.0 Å². The molecule has 2 aliphatic heterocycles. The zero-order chi connectivity index (χ0) is 25.9. The average molecular weight is 514 g/mol. The second kappa shape index (κ2) is 11.3. The van der Waals surface area contributed by atoms with Crippen LogP contribution >= 0.6 is 0 Å². The van der Waals surface area contributed by atoms with E-state index < -0.39 is 17.7 Å². The molecule has 2 aromatic heterocycles. The van der Waals surface area contributed by atoms with Gasteiger partial charge in [-0.2, -0.15) is 0 Å². The number of ether oxygens (including phenoxy) is 2. The monoisotopic (exact) mass is 513 g/mol. The van der Waals surface area contributed by atoms with E-state index in [1.165, 1.54) is 6.07 Å². The molecule has 0 radical (unpaired) electrons. The number of anilines is 1. The summed E-state index contributed by atoms with van der Waals surface area (Å²) in [7, 11) is 0. The number of fused-ring (bicyclic) bond motifs is 1. The number of pyridine rings is 1. The third-order valence-electron chi connectivity index (χ3n) is 7.03. The van der Waals surface area contributed by atoms with Gasteiger partial charge in [0, 0.05) is 42.9 Å². The van der Waals surface area contributed by atoms with Crippen LogP contribution in [-0.4, -0.2) is 64.7 Å². The predicted octanol–water partition coefficient (Wildman–Crippen LogP) is 3.92. The summed E-state index contributed by atoms with van der Waals surface area (Å²) in [6, 6.07) is 2.96. The number of rotatable bonds is 7. The van der Waals surface area contributed by atoms with E-state index in [-0.39, 0.29) is 41.8 Å². The molecule has 1 aromatic carbocycles. The summed E-state index contributed by atoms with van der Waals surface area (Å²) in [5.74, 6) is -0.951. The van der Waals surface area contributed by atoms with Gasteiger partial charge in [-0.25, -0.2) is 18.7 Å². The van der Waals surface area contributed by atoms with E-state index in [0.717, 1.165) is 36.8 Å². The Bertz CT molecular complexity index is 1250. The van der Waals surface area contributed by atoms with Gasteiger partial charge in [0.25, 0.3) is 0 Å². The Hall–Kier alpha value is -2.79. The molecule has 4 heterocycles. The summed E-state index contributed by atoms with van der Waals surface area (Å²) >= 11 is 0. The number of aliphatic hydroxyl groups excluding tert-OH is 1. The van der Waals surface area contributed by atoms with Crippen LogP contribution in [0.4, 0.5) is 14.7 Å². The Morgan fingerprint density at radius 2 is 1.89 bits per heavy atom. The number of hydrogen-bond donors (Lipinski definition) is 3. The second-order valence-electron chi connectivity index (χ2n) is 10.1. The molecule has 3 aromatic rings. The van der Waals surface area contributed by atoms with Crippen LogP contribution in [0.5, 0.6) is 0 Å². The Morgan fingerprint density at radius 3 is 2.65 bits per heavy atom. The highest BCUT2D eigenvalue weighted by atomic mass is 19.1. The molecule has 0 saturated carbocycles. The van der Waals surface area contributed by atoms with Crippen molar-refractivity contribution < 1.29 is 23.4 Å². The molecule has 0 unspecified atom stereocenters. The fourth-order valence-electron chi connectivity index (χ4n) is 5.13. The molecule has 3 atom stereocenters. The number of aliphatic hydroxyl groups is 1. The lowest BCUT2D eigenvalue weighted by Gasteiger charge is -2.28. The van der Waals surface area contributed by atoms with Crippen LogP contribution in [0.25, 0.3) is 22.2 Å². The Labute approximate surface area is 214 Å². The van der Waals surface area contributed by atoms with Crippen molar-refractivity contribution in [2.24, 2.45) is 0 Å². The van der Waals surface area contributed by atoms with Gasteiger partial charge >= 0.3 is 0 Å². The molecule has 10 heteroatoms. The molecule has 8 nitrogen and oxygen atoms in total. The van der Waals surface area contributed by atoms with Crippen LogP contribution in [-0.2, 0) is 16.0 Å². The summed E-state index contributed by atoms with van der Waals surface area (Å²) in [5.41, 5.74) is 2.47. The minimum absolute atomic E-state index is 0.0163. The van der Waals surface area contributed by atoms with E-state index in [1.54, 1.807) is 12.3 Å². The lowest BCUT2D eigenvalue weighted by molar-refractivity contribution is -0.0136. The van der Waals surface area contributed by atoms with Crippen LogP contribution < -0.4 is 10.6 Å². The molecule has 2 aliphatic rings. The maximum Gasteiger partial charge on any atom is 0.223 e. The Morgan fingerprint density at radius 1 is 1.05 bits per heavy atom. The number of nitrogens with one attached hydrogen (secondary N) is 2. The SMILES string of the molecule is CC(C)c1c(CN[C@@H]2CCCOC2)cnc2c(F)cc(-c3nc(N[C@@H]4CCOC[C@H]4O)ncc3F)cc12. The van der Waals surface area contributed by atoms with Gasteiger partial charge < -0.3 is 25.2 Å². The van der Waals surface area contributed by atoms with Crippen LogP contribution in [0, 0.1) is 11.6 Å². The first-order valence-electron chi connectivity index (χ1n) is 12.9. The van der Waals surface area contributed by atoms with E-state index in [4.69, 9.17) is 9.47 Å². The normalized spacial score (nSPS) is 22.5. The Kier molecular flexibility index (Phi) is 7.89.